The molecule has 1 amide bonds. The molecule has 0 aliphatic rings. The fourth-order valence-corrected chi connectivity index (χ4v) is 1.31. The predicted octanol–water partition coefficient (Wildman–Crippen LogP) is -0.262. The summed E-state index contributed by atoms with van der Waals surface area (Å²) < 4.78 is 9.52. The van der Waals surface area contributed by atoms with E-state index in [4.69, 9.17) is 20.4 Å². The molecule has 0 aromatic carbocycles. The number of carbonyl (C=O) groups excluding carboxylic acids is 2. The third kappa shape index (κ3) is 8.27. The Labute approximate surface area is 117 Å². The first-order valence-corrected chi connectivity index (χ1v) is 6.23. The van der Waals surface area contributed by atoms with Crippen LogP contribution in [-0.2, 0) is 14.3 Å². The smallest absolute Gasteiger partial charge is 0.408 e. The minimum atomic E-state index is -0.678. The Morgan fingerprint density at radius 2 is 2.10 bits per heavy atom. The highest BCUT2D eigenvalue weighted by Crippen LogP contribution is 2.03. The van der Waals surface area contributed by atoms with E-state index in [-0.39, 0.29) is 12.6 Å². The quantitative estimate of drug-likeness (QED) is 0.0919. The third-order valence-electron chi connectivity index (χ3n) is 2.36. The Kier molecular flexibility index (Phi) is 9.97. The number of nitrogens with zero attached hydrogens (tertiary/aromatic N) is 1. The second-order valence-electron chi connectivity index (χ2n) is 3.91. The highest BCUT2D eigenvalue weighted by molar-refractivity contribution is 5.89. The maximum Gasteiger partial charge on any atom is 0.408 e. The van der Waals surface area contributed by atoms with Crippen LogP contribution in [0.1, 0.15) is 26.2 Å². The molecule has 0 saturated carbocycles. The fraction of sp³-hybridized carbons (Fsp3) is 0.727. The van der Waals surface area contributed by atoms with Gasteiger partial charge in [-0.05, 0) is 19.4 Å². The van der Waals surface area contributed by atoms with E-state index in [1.807, 2.05) is 0 Å². The number of rotatable bonds is 8. The number of nitrogens with one attached hydrogen (secondary N) is 2. The van der Waals surface area contributed by atoms with Gasteiger partial charge in [-0.25, -0.2) is 9.59 Å². The molecule has 0 unspecified atom stereocenters. The summed E-state index contributed by atoms with van der Waals surface area (Å²) in [4.78, 5) is 22.7. The number of oxime groups is 1. The van der Waals surface area contributed by atoms with Gasteiger partial charge in [0.1, 0.15) is 12.8 Å². The van der Waals surface area contributed by atoms with Gasteiger partial charge in [0.2, 0.25) is 5.90 Å². The second kappa shape index (κ2) is 11.0. The zero-order chi connectivity index (χ0) is 15.4. The van der Waals surface area contributed by atoms with Crippen LogP contribution >= 0.6 is 0 Å². The summed E-state index contributed by atoms with van der Waals surface area (Å²) in [5.41, 5.74) is 5.38. The fourth-order valence-electron chi connectivity index (χ4n) is 1.31. The van der Waals surface area contributed by atoms with E-state index >= 15 is 0 Å². The van der Waals surface area contributed by atoms with Gasteiger partial charge in [-0.3, -0.25) is 5.32 Å². The van der Waals surface area contributed by atoms with E-state index in [2.05, 4.69) is 15.8 Å². The lowest BCUT2D eigenvalue weighted by Gasteiger charge is -2.16. The minimum Gasteiger partial charge on any atom is -0.434 e. The number of amides is 1. The van der Waals surface area contributed by atoms with Crippen LogP contribution < -0.4 is 16.4 Å². The number of nitrogens with two attached hydrogens (primary N) is 1. The summed E-state index contributed by atoms with van der Waals surface area (Å²) in [6.07, 6.45) is 1.32. The van der Waals surface area contributed by atoms with Crippen molar-refractivity contribution < 1.29 is 24.3 Å². The Balaban J connectivity index is 4.31. The van der Waals surface area contributed by atoms with Crippen LogP contribution in [0.4, 0.5) is 4.79 Å². The molecule has 5 N–H and O–H groups in total. The van der Waals surface area contributed by atoms with Crippen LogP contribution in [0.15, 0.2) is 5.16 Å². The molecule has 0 rings (SSSR count). The molecule has 0 heterocycles. The minimum absolute atomic E-state index is 0.141. The highest BCUT2D eigenvalue weighted by Gasteiger charge is 2.20. The van der Waals surface area contributed by atoms with Crippen molar-refractivity contribution in [2.24, 2.45) is 10.9 Å². The average Bonchev–Trinajstić information content (AvgIpc) is 2.45. The van der Waals surface area contributed by atoms with E-state index in [9.17, 15) is 9.59 Å². The lowest BCUT2D eigenvalue weighted by Crippen LogP contribution is -2.41. The van der Waals surface area contributed by atoms with Crippen LogP contribution in [0.3, 0.4) is 0 Å². The maximum absolute atomic E-state index is 11.8. The number of carbonyl (C=O) groups is 2. The van der Waals surface area contributed by atoms with E-state index in [1.165, 1.54) is 14.0 Å². The summed E-state index contributed by atoms with van der Waals surface area (Å²) in [6, 6.07) is -0.678. The molecule has 116 valence electrons. The van der Waals surface area contributed by atoms with Gasteiger partial charge in [0, 0.05) is 14.0 Å². The number of unbranched alkanes of at least 4 members (excludes halogenated alkanes) is 1. The molecule has 9 nitrogen and oxygen atoms in total. The van der Waals surface area contributed by atoms with E-state index in [0.29, 0.717) is 19.4 Å². The van der Waals surface area contributed by atoms with Gasteiger partial charge in [-0.1, -0.05) is 11.6 Å². The Morgan fingerprint density at radius 3 is 2.65 bits per heavy atom. The number of ether oxygens (including phenoxy) is 2. The Hall–Kier alpha value is -1.87. The van der Waals surface area contributed by atoms with Gasteiger partial charge in [0.15, 0.2) is 0 Å². The van der Waals surface area contributed by atoms with Crippen molar-refractivity contribution in [2.75, 3.05) is 20.3 Å². The third-order valence-corrected chi connectivity index (χ3v) is 2.36. The summed E-state index contributed by atoms with van der Waals surface area (Å²) in [5, 5.41) is 16.2. The molecule has 0 aliphatic heterocycles. The van der Waals surface area contributed by atoms with Gasteiger partial charge < -0.3 is 25.7 Å². The van der Waals surface area contributed by atoms with Gasteiger partial charge in [0.25, 0.3) is 0 Å². The monoisotopic (exact) mass is 290 g/mol. The number of hydrogen-bond donors (Lipinski definition) is 4. The first kappa shape index (κ1) is 18.1. The van der Waals surface area contributed by atoms with Crippen LogP contribution in [0.2, 0.25) is 0 Å². The number of alkyl carbamates (subject to hydrolysis) is 1. The Morgan fingerprint density at radius 1 is 1.40 bits per heavy atom. The second-order valence-corrected chi connectivity index (χ2v) is 3.91. The molecule has 0 saturated heterocycles. The zero-order valence-corrected chi connectivity index (χ0v) is 11.7. The van der Waals surface area contributed by atoms with Crippen molar-refractivity contribution in [1.29, 1.82) is 0 Å². The lowest BCUT2D eigenvalue weighted by molar-refractivity contribution is -0.138. The normalized spacial score (nSPS) is 12.7. The topological polar surface area (TPSA) is 135 Å². The molecule has 0 aromatic heterocycles. The highest BCUT2D eigenvalue weighted by atomic mass is 16.6. The van der Waals surface area contributed by atoms with Crippen molar-refractivity contribution in [3.63, 3.8) is 0 Å². The molecule has 20 heavy (non-hydrogen) atoms. The van der Waals surface area contributed by atoms with Crippen molar-refractivity contribution in [3.05, 3.63) is 0 Å². The summed E-state index contributed by atoms with van der Waals surface area (Å²) >= 11 is 0. The van der Waals surface area contributed by atoms with Crippen molar-refractivity contribution in [1.82, 2.24) is 10.6 Å². The molecular weight excluding hydrogens is 268 g/mol. The van der Waals surface area contributed by atoms with Crippen LogP contribution in [0.5, 0.6) is 0 Å². The largest absolute Gasteiger partial charge is 0.434 e. The van der Waals surface area contributed by atoms with Crippen LogP contribution in [0, 0.1) is 0 Å². The van der Waals surface area contributed by atoms with Gasteiger partial charge in [-0.2, -0.15) is 0 Å². The first-order valence-electron chi connectivity index (χ1n) is 6.23. The summed E-state index contributed by atoms with van der Waals surface area (Å²) in [6.45, 7) is 1.72. The molecule has 0 spiro atoms. The maximum atomic E-state index is 11.8. The molecular formula is C11H22N4O5. The number of hydrogen-bond acceptors (Lipinski definition) is 8. The summed E-state index contributed by atoms with van der Waals surface area (Å²) in [7, 11) is 1.43. The molecule has 0 aliphatic carbocycles. The number of esters is 1. The molecule has 1 atom stereocenters. The van der Waals surface area contributed by atoms with Gasteiger partial charge in [0.05, 0.1) is 0 Å². The van der Waals surface area contributed by atoms with E-state index in [0.717, 1.165) is 6.42 Å². The average molecular weight is 290 g/mol. The van der Waals surface area contributed by atoms with Crippen LogP contribution in [-0.4, -0.2) is 49.5 Å². The standard InChI is InChI=1S/C11H22N4O5/c1-8(15-18)20-10(16)9(5-3-4-6-12)14-7-19-11(17)13-2/h9,14,18H,3-7,12H2,1-2H3,(H,13,17)/t9-/m0/s1. The first-order chi connectivity index (χ1) is 9.54. The van der Waals surface area contributed by atoms with Gasteiger partial charge in [-0.15, -0.1) is 0 Å². The SMILES string of the molecule is CNC(=O)OCN[C@@H](CCCCN)C(=O)OC(C)=NO. The molecule has 0 fully saturated rings. The van der Waals surface area contributed by atoms with E-state index in [1.54, 1.807) is 0 Å². The van der Waals surface area contributed by atoms with Crippen molar-refractivity contribution in [2.45, 2.75) is 32.2 Å². The molecule has 0 bridgehead atoms. The lowest BCUT2D eigenvalue weighted by atomic mass is 10.1. The van der Waals surface area contributed by atoms with Crippen molar-refractivity contribution in [3.8, 4) is 0 Å². The molecule has 0 radical (unpaired) electrons. The molecule has 0 aromatic rings. The van der Waals surface area contributed by atoms with E-state index < -0.39 is 18.1 Å². The van der Waals surface area contributed by atoms with Crippen LogP contribution in [0.25, 0.3) is 0 Å². The van der Waals surface area contributed by atoms with Crippen molar-refractivity contribution >= 4 is 18.0 Å². The summed E-state index contributed by atoms with van der Waals surface area (Å²) in [5.74, 6) is -0.773. The molecule has 9 heteroatoms. The van der Waals surface area contributed by atoms with Gasteiger partial charge >= 0.3 is 12.1 Å². The Bertz CT molecular complexity index is 335. The predicted molar refractivity (Wildman–Crippen MR) is 71.2 cm³/mol. The zero-order valence-electron chi connectivity index (χ0n) is 11.7.